The molecular formula is C14H20O2. The fourth-order valence-corrected chi connectivity index (χ4v) is 2.55. The minimum atomic E-state index is -0.486. The van der Waals surface area contributed by atoms with Gasteiger partial charge < -0.3 is 10.2 Å². The number of hydrogen-bond donors (Lipinski definition) is 2. The second-order valence-electron chi connectivity index (χ2n) is 4.91. The molecule has 2 rings (SSSR count). The topological polar surface area (TPSA) is 40.5 Å². The Morgan fingerprint density at radius 1 is 1.06 bits per heavy atom. The molecule has 1 aliphatic carbocycles. The Labute approximate surface area is 96.9 Å². The van der Waals surface area contributed by atoms with Crippen LogP contribution < -0.4 is 0 Å². The summed E-state index contributed by atoms with van der Waals surface area (Å²) in [4.78, 5) is 0. The lowest BCUT2D eigenvalue weighted by atomic mass is 9.81. The molecule has 1 aromatic rings. The van der Waals surface area contributed by atoms with Gasteiger partial charge in [0.1, 0.15) is 5.75 Å². The highest BCUT2D eigenvalue weighted by atomic mass is 16.3. The molecule has 0 radical (unpaired) electrons. The smallest absolute Gasteiger partial charge is 0.118 e. The molecule has 0 amide bonds. The van der Waals surface area contributed by atoms with E-state index in [1.165, 1.54) is 6.42 Å². The Hall–Kier alpha value is -1.02. The van der Waals surface area contributed by atoms with Crippen LogP contribution in [0.25, 0.3) is 0 Å². The lowest BCUT2D eigenvalue weighted by molar-refractivity contribution is -0.00349. The molecule has 1 saturated carbocycles. The van der Waals surface area contributed by atoms with E-state index < -0.39 is 5.60 Å². The molecule has 0 heterocycles. The van der Waals surface area contributed by atoms with Gasteiger partial charge in [0.25, 0.3) is 0 Å². The van der Waals surface area contributed by atoms with E-state index in [4.69, 9.17) is 0 Å². The largest absolute Gasteiger partial charge is 0.508 e. The zero-order valence-electron chi connectivity index (χ0n) is 9.65. The number of phenols is 1. The van der Waals surface area contributed by atoms with Crippen LogP contribution in [0.15, 0.2) is 24.3 Å². The second kappa shape index (κ2) is 4.88. The SMILES string of the molecule is Oc1ccccc1CCC1(O)CCCCC1. The summed E-state index contributed by atoms with van der Waals surface area (Å²) in [6.45, 7) is 0. The molecule has 0 saturated heterocycles. The van der Waals surface area contributed by atoms with Crippen LogP contribution in [0.5, 0.6) is 5.75 Å². The van der Waals surface area contributed by atoms with Crippen LogP contribution in [0.2, 0.25) is 0 Å². The van der Waals surface area contributed by atoms with Gasteiger partial charge in [-0.3, -0.25) is 0 Å². The van der Waals surface area contributed by atoms with Gasteiger partial charge in [-0.25, -0.2) is 0 Å². The van der Waals surface area contributed by atoms with Crippen LogP contribution in [0.3, 0.4) is 0 Å². The standard InChI is InChI=1S/C14H20O2/c15-13-7-3-2-6-12(13)8-11-14(16)9-4-1-5-10-14/h2-3,6-7,15-16H,1,4-5,8-11H2. The fourth-order valence-electron chi connectivity index (χ4n) is 2.55. The van der Waals surface area contributed by atoms with Crippen molar-refractivity contribution < 1.29 is 10.2 Å². The van der Waals surface area contributed by atoms with Crippen molar-refractivity contribution in [2.24, 2.45) is 0 Å². The van der Waals surface area contributed by atoms with E-state index in [0.29, 0.717) is 5.75 Å². The maximum Gasteiger partial charge on any atom is 0.118 e. The van der Waals surface area contributed by atoms with Crippen molar-refractivity contribution >= 4 is 0 Å². The summed E-state index contributed by atoms with van der Waals surface area (Å²) < 4.78 is 0. The second-order valence-corrected chi connectivity index (χ2v) is 4.91. The summed E-state index contributed by atoms with van der Waals surface area (Å²) in [5, 5.41) is 20.0. The Balaban J connectivity index is 1.94. The predicted octanol–water partition coefficient (Wildman–Crippen LogP) is 3.02. The third-order valence-electron chi connectivity index (χ3n) is 3.64. The number of benzene rings is 1. The average molecular weight is 220 g/mol. The van der Waals surface area contributed by atoms with E-state index in [0.717, 1.165) is 44.1 Å². The molecule has 0 atom stereocenters. The number of aliphatic hydroxyl groups is 1. The zero-order valence-corrected chi connectivity index (χ0v) is 9.65. The van der Waals surface area contributed by atoms with Gasteiger partial charge in [-0.2, -0.15) is 0 Å². The first kappa shape index (κ1) is 11.5. The number of phenolic OH excluding ortho intramolecular Hbond substituents is 1. The first-order valence-electron chi connectivity index (χ1n) is 6.19. The zero-order chi connectivity index (χ0) is 11.4. The Morgan fingerprint density at radius 2 is 1.75 bits per heavy atom. The molecule has 0 aliphatic heterocycles. The molecule has 1 aromatic carbocycles. The number of aromatic hydroxyl groups is 1. The van der Waals surface area contributed by atoms with Crippen LogP contribution in [0.4, 0.5) is 0 Å². The summed E-state index contributed by atoms with van der Waals surface area (Å²) in [7, 11) is 0. The Morgan fingerprint density at radius 3 is 2.44 bits per heavy atom. The molecule has 2 nitrogen and oxygen atoms in total. The monoisotopic (exact) mass is 220 g/mol. The summed E-state index contributed by atoms with van der Waals surface area (Å²) in [5.41, 5.74) is 0.460. The van der Waals surface area contributed by atoms with E-state index in [9.17, 15) is 10.2 Å². The van der Waals surface area contributed by atoms with Crippen LogP contribution >= 0.6 is 0 Å². The minimum absolute atomic E-state index is 0.349. The highest BCUT2D eigenvalue weighted by Crippen LogP contribution is 2.32. The van der Waals surface area contributed by atoms with E-state index in [-0.39, 0.29) is 0 Å². The summed E-state index contributed by atoms with van der Waals surface area (Å²) in [6.07, 6.45) is 6.89. The van der Waals surface area contributed by atoms with Crippen LogP contribution in [-0.2, 0) is 6.42 Å². The predicted molar refractivity (Wildman–Crippen MR) is 64.5 cm³/mol. The van der Waals surface area contributed by atoms with Gasteiger partial charge in [0.2, 0.25) is 0 Å². The molecule has 2 heteroatoms. The van der Waals surface area contributed by atoms with Crippen molar-refractivity contribution in [3.05, 3.63) is 29.8 Å². The molecule has 0 unspecified atom stereocenters. The van der Waals surface area contributed by atoms with Gasteiger partial charge >= 0.3 is 0 Å². The highest BCUT2D eigenvalue weighted by molar-refractivity contribution is 5.31. The lowest BCUT2D eigenvalue weighted by Crippen LogP contribution is -2.31. The number of para-hydroxylation sites is 1. The first-order chi connectivity index (χ1) is 7.70. The van der Waals surface area contributed by atoms with Crippen molar-refractivity contribution in [3.8, 4) is 5.75 Å². The van der Waals surface area contributed by atoms with E-state index in [1.54, 1.807) is 6.07 Å². The maximum absolute atomic E-state index is 10.3. The van der Waals surface area contributed by atoms with Crippen molar-refractivity contribution in [1.29, 1.82) is 0 Å². The third kappa shape index (κ3) is 2.76. The number of rotatable bonds is 3. The number of aryl methyl sites for hydroxylation is 1. The minimum Gasteiger partial charge on any atom is -0.508 e. The summed E-state index contributed by atoms with van der Waals surface area (Å²) in [5.74, 6) is 0.349. The van der Waals surface area contributed by atoms with E-state index >= 15 is 0 Å². The molecule has 2 N–H and O–H groups in total. The van der Waals surface area contributed by atoms with Gasteiger partial charge in [-0.15, -0.1) is 0 Å². The molecule has 0 spiro atoms. The van der Waals surface area contributed by atoms with Gasteiger partial charge in [0, 0.05) is 0 Å². The lowest BCUT2D eigenvalue weighted by Gasteiger charge is -2.32. The van der Waals surface area contributed by atoms with E-state index in [2.05, 4.69) is 0 Å². The van der Waals surface area contributed by atoms with Gasteiger partial charge in [0.15, 0.2) is 0 Å². The normalized spacial score (nSPS) is 19.6. The third-order valence-corrected chi connectivity index (χ3v) is 3.64. The molecule has 0 aromatic heterocycles. The summed E-state index contributed by atoms with van der Waals surface area (Å²) >= 11 is 0. The van der Waals surface area contributed by atoms with Crippen molar-refractivity contribution in [2.75, 3.05) is 0 Å². The van der Waals surface area contributed by atoms with Crippen molar-refractivity contribution in [2.45, 2.75) is 50.5 Å². The molecule has 1 fully saturated rings. The summed E-state index contributed by atoms with van der Waals surface area (Å²) in [6, 6.07) is 7.40. The highest BCUT2D eigenvalue weighted by Gasteiger charge is 2.28. The van der Waals surface area contributed by atoms with Crippen LogP contribution in [0.1, 0.15) is 44.1 Å². The Kier molecular flexibility index (Phi) is 3.49. The van der Waals surface area contributed by atoms with Crippen molar-refractivity contribution in [3.63, 3.8) is 0 Å². The first-order valence-corrected chi connectivity index (χ1v) is 6.19. The number of hydrogen-bond acceptors (Lipinski definition) is 2. The fraction of sp³-hybridized carbons (Fsp3) is 0.571. The van der Waals surface area contributed by atoms with Crippen LogP contribution in [-0.4, -0.2) is 15.8 Å². The maximum atomic E-state index is 10.3. The van der Waals surface area contributed by atoms with Gasteiger partial charge in [-0.05, 0) is 37.3 Å². The van der Waals surface area contributed by atoms with Crippen molar-refractivity contribution in [1.82, 2.24) is 0 Å². The average Bonchev–Trinajstić information content (AvgIpc) is 2.29. The molecule has 0 bridgehead atoms. The van der Waals surface area contributed by atoms with Crippen LogP contribution in [0, 0.1) is 0 Å². The molecule has 88 valence electrons. The van der Waals surface area contributed by atoms with Gasteiger partial charge in [-0.1, -0.05) is 37.5 Å². The van der Waals surface area contributed by atoms with E-state index in [1.807, 2.05) is 18.2 Å². The molecule has 1 aliphatic rings. The Bertz CT molecular complexity index is 340. The quantitative estimate of drug-likeness (QED) is 0.822. The molecular weight excluding hydrogens is 200 g/mol. The molecule has 16 heavy (non-hydrogen) atoms. The van der Waals surface area contributed by atoms with Gasteiger partial charge in [0.05, 0.1) is 5.60 Å².